The number of rotatable bonds is 1. The van der Waals surface area contributed by atoms with E-state index < -0.39 is 11.5 Å². The van der Waals surface area contributed by atoms with Crippen LogP contribution in [0.25, 0.3) is 10.2 Å². The molecule has 2 aliphatic rings. The lowest BCUT2D eigenvalue weighted by Crippen LogP contribution is -2.62. The van der Waals surface area contributed by atoms with Crippen LogP contribution in [0.1, 0.15) is 34.5 Å². The number of carbonyl (C=O) groups is 2. The van der Waals surface area contributed by atoms with E-state index in [1.165, 1.54) is 17.7 Å². The highest BCUT2D eigenvalue weighted by molar-refractivity contribution is 7.20. The molecule has 8 nitrogen and oxygen atoms in total. The van der Waals surface area contributed by atoms with Gasteiger partial charge in [-0.3, -0.25) is 14.4 Å². The fourth-order valence-corrected chi connectivity index (χ4v) is 5.16. The molecule has 0 aromatic carbocycles. The average Bonchev–Trinajstić information content (AvgIpc) is 2.97. The van der Waals surface area contributed by atoms with Gasteiger partial charge in [0.2, 0.25) is 5.91 Å². The molecule has 4 rings (SSSR count). The van der Waals surface area contributed by atoms with Crippen LogP contribution in [0.3, 0.4) is 0 Å². The first kappa shape index (κ1) is 17.2. The van der Waals surface area contributed by atoms with Crippen LogP contribution in [0.5, 0.6) is 0 Å². The predicted molar refractivity (Wildman–Crippen MR) is 96.2 cm³/mol. The zero-order chi connectivity index (χ0) is 18.5. The number of amides is 2. The number of carbonyl (C=O) groups excluding carboxylic acids is 2. The maximum absolute atomic E-state index is 13.1. The summed E-state index contributed by atoms with van der Waals surface area (Å²) in [5.41, 5.74) is -0.593. The Morgan fingerprint density at radius 2 is 2.27 bits per heavy atom. The minimum atomic E-state index is -0.938. The van der Waals surface area contributed by atoms with Crippen molar-refractivity contribution in [1.82, 2.24) is 20.2 Å². The Hall–Kier alpha value is -2.26. The van der Waals surface area contributed by atoms with E-state index in [9.17, 15) is 19.5 Å². The summed E-state index contributed by atoms with van der Waals surface area (Å²) in [6.45, 7) is 2.92. The fraction of sp³-hybridized carbons (Fsp3) is 0.529. The monoisotopic (exact) mass is 376 g/mol. The van der Waals surface area contributed by atoms with Gasteiger partial charge < -0.3 is 20.3 Å². The van der Waals surface area contributed by atoms with E-state index in [-0.39, 0.29) is 23.9 Å². The SMILES string of the molecule is Cc1c(C(=O)N2CC[C@H](O)[C@@]3(CCCNC3=O)C2)sc2nc[nH]c(=O)c12. The summed E-state index contributed by atoms with van der Waals surface area (Å²) in [6, 6.07) is 0. The van der Waals surface area contributed by atoms with Gasteiger partial charge in [-0.2, -0.15) is 0 Å². The maximum atomic E-state index is 13.1. The number of hydrogen-bond donors (Lipinski definition) is 3. The number of aromatic nitrogens is 2. The summed E-state index contributed by atoms with van der Waals surface area (Å²) < 4.78 is 0. The molecule has 2 amide bonds. The van der Waals surface area contributed by atoms with Crippen molar-refractivity contribution in [3.05, 3.63) is 27.1 Å². The summed E-state index contributed by atoms with van der Waals surface area (Å²) in [4.78, 5) is 46.9. The van der Waals surface area contributed by atoms with Crippen molar-refractivity contribution in [2.75, 3.05) is 19.6 Å². The normalized spacial score (nSPS) is 26.3. The van der Waals surface area contributed by atoms with E-state index in [0.29, 0.717) is 46.6 Å². The number of aliphatic hydroxyl groups is 1. The van der Waals surface area contributed by atoms with Gasteiger partial charge in [-0.1, -0.05) is 0 Å². The first-order valence-electron chi connectivity index (χ1n) is 8.66. The van der Waals surface area contributed by atoms with E-state index in [4.69, 9.17) is 0 Å². The molecule has 2 aromatic heterocycles. The van der Waals surface area contributed by atoms with Crippen LogP contribution >= 0.6 is 11.3 Å². The van der Waals surface area contributed by atoms with Crippen molar-refractivity contribution in [3.63, 3.8) is 0 Å². The van der Waals surface area contributed by atoms with Crippen LogP contribution in [0.2, 0.25) is 0 Å². The van der Waals surface area contributed by atoms with Crippen molar-refractivity contribution >= 4 is 33.4 Å². The minimum absolute atomic E-state index is 0.181. The van der Waals surface area contributed by atoms with Crippen LogP contribution < -0.4 is 10.9 Å². The summed E-state index contributed by atoms with van der Waals surface area (Å²) in [5, 5.41) is 13.7. The van der Waals surface area contributed by atoms with Crippen LogP contribution in [0.15, 0.2) is 11.1 Å². The maximum Gasteiger partial charge on any atom is 0.264 e. The van der Waals surface area contributed by atoms with Gasteiger partial charge in [-0.05, 0) is 31.7 Å². The van der Waals surface area contributed by atoms with Gasteiger partial charge in [0.25, 0.3) is 11.5 Å². The van der Waals surface area contributed by atoms with Crippen molar-refractivity contribution < 1.29 is 14.7 Å². The summed E-state index contributed by atoms with van der Waals surface area (Å²) >= 11 is 1.19. The Morgan fingerprint density at radius 3 is 3.00 bits per heavy atom. The molecule has 3 N–H and O–H groups in total. The van der Waals surface area contributed by atoms with Crippen LogP contribution in [0, 0.1) is 12.3 Å². The number of H-pyrrole nitrogens is 1. The third-order valence-electron chi connectivity index (χ3n) is 5.53. The van der Waals surface area contributed by atoms with Gasteiger partial charge in [0.05, 0.1) is 28.1 Å². The minimum Gasteiger partial charge on any atom is -0.392 e. The topological polar surface area (TPSA) is 115 Å². The standard InChI is InChI=1S/C17H20N4O4S/c1-9-11-13(23)19-8-20-14(11)26-12(9)15(24)21-6-3-10(22)17(7-21)4-2-5-18-16(17)25/h8,10,22H,2-7H2,1H3,(H,18,25)(H,19,20,23)/t10-,17+/m0/s1. The number of nitrogens with zero attached hydrogens (tertiary/aromatic N) is 2. The number of hydrogen-bond acceptors (Lipinski definition) is 6. The lowest BCUT2D eigenvalue weighted by atomic mass is 9.71. The molecule has 26 heavy (non-hydrogen) atoms. The molecule has 0 aliphatic carbocycles. The molecule has 4 heterocycles. The number of aromatic amines is 1. The Labute approximate surface area is 153 Å². The molecule has 2 aliphatic heterocycles. The predicted octanol–water partition coefficient (Wildman–Crippen LogP) is 0.396. The lowest BCUT2D eigenvalue weighted by molar-refractivity contribution is -0.147. The van der Waals surface area contributed by atoms with E-state index >= 15 is 0 Å². The zero-order valence-electron chi connectivity index (χ0n) is 14.4. The van der Waals surface area contributed by atoms with Gasteiger partial charge >= 0.3 is 0 Å². The number of piperidine rings is 2. The Morgan fingerprint density at radius 1 is 1.46 bits per heavy atom. The van der Waals surface area contributed by atoms with Gasteiger partial charge in [-0.15, -0.1) is 11.3 Å². The molecule has 138 valence electrons. The molecule has 2 saturated heterocycles. The third kappa shape index (κ3) is 2.45. The number of fused-ring (bicyclic) bond motifs is 1. The number of thiophene rings is 1. The number of nitrogens with one attached hydrogen (secondary N) is 2. The molecule has 1 spiro atoms. The molecule has 9 heteroatoms. The third-order valence-corrected chi connectivity index (χ3v) is 6.72. The van der Waals surface area contributed by atoms with Gasteiger partial charge in [0.15, 0.2) is 0 Å². The van der Waals surface area contributed by atoms with E-state index in [1.807, 2.05) is 0 Å². The van der Waals surface area contributed by atoms with E-state index in [0.717, 1.165) is 6.42 Å². The molecule has 2 atom stereocenters. The lowest BCUT2D eigenvalue weighted by Gasteiger charge is -2.46. The highest BCUT2D eigenvalue weighted by Crippen LogP contribution is 2.38. The second-order valence-electron chi connectivity index (χ2n) is 7.01. The first-order valence-corrected chi connectivity index (χ1v) is 9.48. The largest absolute Gasteiger partial charge is 0.392 e. The second-order valence-corrected chi connectivity index (χ2v) is 8.01. The van der Waals surface area contributed by atoms with Crippen LogP contribution in [-0.2, 0) is 4.79 Å². The number of aliphatic hydroxyl groups excluding tert-OH is 1. The molecule has 0 radical (unpaired) electrons. The molecule has 2 fully saturated rings. The molecule has 0 unspecified atom stereocenters. The molecular formula is C17H20N4O4S. The molecule has 0 bridgehead atoms. The number of likely N-dealkylation sites (tertiary alicyclic amines) is 1. The molecule has 2 aromatic rings. The van der Waals surface area contributed by atoms with Crippen molar-refractivity contribution in [1.29, 1.82) is 0 Å². The quantitative estimate of drug-likeness (QED) is 0.666. The first-order chi connectivity index (χ1) is 12.4. The Balaban J connectivity index is 1.69. The molecule has 0 saturated carbocycles. The number of aryl methyl sites for hydroxylation is 1. The summed E-state index contributed by atoms with van der Waals surface area (Å²) in [5.74, 6) is -0.394. The van der Waals surface area contributed by atoms with Crippen molar-refractivity contribution in [3.8, 4) is 0 Å². The van der Waals surface area contributed by atoms with Crippen molar-refractivity contribution in [2.45, 2.75) is 32.3 Å². The highest BCUT2D eigenvalue weighted by atomic mass is 32.1. The summed E-state index contributed by atoms with van der Waals surface area (Å²) in [7, 11) is 0. The Bertz CT molecular complexity index is 952. The second kappa shape index (κ2) is 6.17. The Kier molecular flexibility index (Phi) is 4.07. The smallest absolute Gasteiger partial charge is 0.264 e. The van der Waals surface area contributed by atoms with Gasteiger partial charge in [0.1, 0.15) is 4.83 Å². The van der Waals surface area contributed by atoms with Gasteiger partial charge in [-0.25, -0.2) is 4.98 Å². The van der Waals surface area contributed by atoms with Crippen molar-refractivity contribution in [2.24, 2.45) is 5.41 Å². The van der Waals surface area contributed by atoms with Gasteiger partial charge in [0, 0.05) is 19.6 Å². The molecular weight excluding hydrogens is 356 g/mol. The zero-order valence-corrected chi connectivity index (χ0v) is 15.2. The highest BCUT2D eigenvalue weighted by Gasteiger charge is 2.50. The van der Waals surface area contributed by atoms with E-state index in [1.54, 1.807) is 11.8 Å². The van der Waals surface area contributed by atoms with E-state index in [2.05, 4.69) is 15.3 Å². The average molecular weight is 376 g/mol. The summed E-state index contributed by atoms with van der Waals surface area (Å²) in [6.07, 6.45) is 2.29. The van der Waals surface area contributed by atoms with Crippen LogP contribution in [-0.4, -0.2) is 57.5 Å². The van der Waals surface area contributed by atoms with Crippen LogP contribution in [0.4, 0.5) is 0 Å². The fourth-order valence-electron chi connectivity index (χ4n) is 4.04.